The van der Waals surface area contributed by atoms with Gasteiger partial charge in [-0.1, -0.05) is 6.08 Å². The Morgan fingerprint density at radius 3 is 3.00 bits per heavy atom. The van der Waals surface area contributed by atoms with E-state index in [0.717, 1.165) is 30.6 Å². The average Bonchev–Trinajstić information content (AvgIpc) is 2.80. The van der Waals surface area contributed by atoms with Gasteiger partial charge in [-0.2, -0.15) is 0 Å². The molecule has 0 radical (unpaired) electrons. The largest absolute Gasteiger partial charge is 0.469 e. The standard InChI is InChI=1S/C13H16O2/c14-13(11-5-2-1-3-6-11)9-8-12-7-4-10-15-12/h4-5,7,10H,1-3,6,8-9H2. The zero-order valence-electron chi connectivity index (χ0n) is 8.87. The number of furan rings is 1. The van der Waals surface area contributed by atoms with Gasteiger partial charge in [-0.3, -0.25) is 4.79 Å². The van der Waals surface area contributed by atoms with Gasteiger partial charge in [0.25, 0.3) is 0 Å². The maximum atomic E-state index is 11.8. The fourth-order valence-corrected chi connectivity index (χ4v) is 1.94. The number of hydrogen-bond acceptors (Lipinski definition) is 2. The van der Waals surface area contributed by atoms with Crippen molar-refractivity contribution < 1.29 is 9.21 Å². The Morgan fingerprint density at radius 2 is 2.33 bits per heavy atom. The number of rotatable bonds is 4. The van der Waals surface area contributed by atoms with Crippen LogP contribution in [0.15, 0.2) is 34.5 Å². The van der Waals surface area contributed by atoms with Crippen LogP contribution in [-0.2, 0) is 11.2 Å². The smallest absolute Gasteiger partial charge is 0.158 e. The Bertz CT molecular complexity index is 347. The molecule has 0 bridgehead atoms. The minimum atomic E-state index is 0.297. The monoisotopic (exact) mass is 204 g/mol. The zero-order chi connectivity index (χ0) is 10.5. The number of Topliss-reactive ketones (excluding diaryl/α,β-unsaturated/α-hetero) is 1. The molecule has 0 aliphatic heterocycles. The highest BCUT2D eigenvalue weighted by molar-refractivity contribution is 5.95. The van der Waals surface area contributed by atoms with E-state index < -0.39 is 0 Å². The molecule has 0 fully saturated rings. The molecule has 0 spiro atoms. The topological polar surface area (TPSA) is 30.2 Å². The summed E-state index contributed by atoms with van der Waals surface area (Å²) < 4.78 is 5.20. The van der Waals surface area contributed by atoms with Crippen LogP contribution in [0.4, 0.5) is 0 Å². The molecule has 2 rings (SSSR count). The van der Waals surface area contributed by atoms with Crippen LogP contribution in [0.5, 0.6) is 0 Å². The van der Waals surface area contributed by atoms with E-state index in [-0.39, 0.29) is 0 Å². The van der Waals surface area contributed by atoms with Crippen molar-refractivity contribution in [3.63, 3.8) is 0 Å². The first-order valence-corrected chi connectivity index (χ1v) is 5.61. The van der Waals surface area contributed by atoms with E-state index in [0.29, 0.717) is 12.2 Å². The highest BCUT2D eigenvalue weighted by atomic mass is 16.3. The molecule has 2 heteroatoms. The van der Waals surface area contributed by atoms with Gasteiger partial charge < -0.3 is 4.42 Å². The third-order valence-corrected chi connectivity index (χ3v) is 2.83. The molecule has 0 aromatic carbocycles. The van der Waals surface area contributed by atoms with Gasteiger partial charge in [-0.15, -0.1) is 0 Å². The second-order valence-electron chi connectivity index (χ2n) is 3.98. The first-order chi connectivity index (χ1) is 7.36. The Kier molecular flexibility index (Phi) is 3.38. The molecule has 0 unspecified atom stereocenters. The molecular formula is C13H16O2. The Morgan fingerprint density at radius 1 is 1.40 bits per heavy atom. The van der Waals surface area contributed by atoms with Crippen LogP contribution in [0.25, 0.3) is 0 Å². The van der Waals surface area contributed by atoms with Crippen LogP contribution in [0.2, 0.25) is 0 Å². The van der Waals surface area contributed by atoms with Gasteiger partial charge in [-0.05, 0) is 43.4 Å². The van der Waals surface area contributed by atoms with Crippen molar-refractivity contribution in [2.24, 2.45) is 0 Å². The summed E-state index contributed by atoms with van der Waals surface area (Å²) in [5, 5.41) is 0. The Labute approximate surface area is 90.0 Å². The van der Waals surface area contributed by atoms with Crippen LogP contribution in [0.1, 0.15) is 37.9 Å². The van der Waals surface area contributed by atoms with Crippen LogP contribution in [0.3, 0.4) is 0 Å². The van der Waals surface area contributed by atoms with Crippen molar-refractivity contribution in [2.45, 2.75) is 38.5 Å². The molecular weight excluding hydrogens is 188 g/mol. The average molecular weight is 204 g/mol. The molecule has 15 heavy (non-hydrogen) atoms. The van der Waals surface area contributed by atoms with Crippen molar-refractivity contribution >= 4 is 5.78 Å². The van der Waals surface area contributed by atoms with E-state index in [1.165, 1.54) is 12.8 Å². The third-order valence-electron chi connectivity index (χ3n) is 2.83. The van der Waals surface area contributed by atoms with Crippen molar-refractivity contribution in [3.8, 4) is 0 Å². The fourth-order valence-electron chi connectivity index (χ4n) is 1.94. The highest BCUT2D eigenvalue weighted by Crippen LogP contribution is 2.19. The van der Waals surface area contributed by atoms with Crippen LogP contribution >= 0.6 is 0 Å². The lowest BCUT2D eigenvalue weighted by Crippen LogP contribution is -2.06. The molecule has 1 aliphatic carbocycles. The van der Waals surface area contributed by atoms with Crippen LogP contribution < -0.4 is 0 Å². The Balaban J connectivity index is 1.84. The van der Waals surface area contributed by atoms with Gasteiger partial charge in [-0.25, -0.2) is 0 Å². The number of ketones is 1. The first kappa shape index (κ1) is 10.2. The minimum Gasteiger partial charge on any atom is -0.469 e. The maximum absolute atomic E-state index is 11.8. The Hall–Kier alpha value is -1.31. The minimum absolute atomic E-state index is 0.297. The molecule has 80 valence electrons. The van der Waals surface area contributed by atoms with E-state index in [4.69, 9.17) is 4.42 Å². The van der Waals surface area contributed by atoms with Gasteiger partial charge in [0.15, 0.2) is 5.78 Å². The highest BCUT2D eigenvalue weighted by Gasteiger charge is 2.12. The van der Waals surface area contributed by atoms with Gasteiger partial charge >= 0.3 is 0 Å². The third kappa shape index (κ3) is 2.82. The van der Waals surface area contributed by atoms with Crippen molar-refractivity contribution in [2.75, 3.05) is 0 Å². The number of carbonyl (C=O) groups excluding carboxylic acids is 1. The molecule has 0 saturated carbocycles. The number of allylic oxidation sites excluding steroid dienone is 2. The summed E-state index contributed by atoms with van der Waals surface area (Å²) in [6.45, 7) is 0. The summed E-state index contributed by atoms with van der Waals surface area (Å²) in [6.07, 6.45) is 9.50. The summed E-state index contributed by atoms with van der Waals surface area (Å²) >= 11 is 0. The quantitative estimate of drug-likeness (QED) is 0.753. The molecule has 1 aromatic rings. The number of hydrogen-bond donors (Lipinski definition) is 0. The van der Waals surface area contributed by atoms with Gasteiger partial charge in [0.1, 0.15) is 5.76 Å². The molecule has 1 heterocycles. The van der Waals surface area contributed by atoms with Crippen molar-refractivity contribution in [1.82, 2.24) is 0 Å². The molecule has 0 N–H and O–H groups in total. The fraction of sp³-hybridized carbons (Fsp3) is 0.462. The van der Waals surface area contributed by atoms with Crippen molar-refractivity contribution in [1.29, 1.82) is 0 Å². The lowest BCUT2D eigenvalue weighted by Gasteiger charge is -2.10. The molecule has 2 nitrogen and oxygen atoms in total. The summed E-state index contributed by atoms with van der Waals surface area (Å²) in [5.74, 6) is 1.20. The zero-order valence-corrected chi connectivity index (χ0v) is 8.87. The normalized spacial score (nSPS) is 16.1. The predicted octanol–water partition coefficient (Wildman–Crippen LogP) is 3.28. The van der Waals surface area contributed by atoms with Gasteiger partial charge in [0.05, 0.1) is 6.26 Å². The summed E-state index contributed by atoms with van der Waals surface area (Å²) in [5.41, 5.74) is 1.04. The second kappa shape index (κ2) is 4.96. The molecule has 0 atom stereocenters. The summed E-state index contributed by atoms with van der Waals surface area (Å²) in [6, 6.07) is 3.78. The van der Waals surface area contributed by atoms with Crippen LogP contribution in [0, 0.1) is 0 Å². The van der Waals surface area contributed by atoms with E-state index in [1.54, 1.807) is 6.26 Å². The molecule has 0 amide bonds. The lowest BCUT2D eigenvalue weighted by molar-refractivity contribution is -0.115. The van der Waals surface area contributed by atoms with Crippen LogP contribution in [-0.4, -0.2) is 5.78 Å². The van der Waals surface area contributed by atoms with E-state index >= 15 is 0 Å². The molecule has 0 saturated heterocycles. The molecule has 1 aromatic heterocycles. The lowest BCUT2D eigenvalue weighted by atomic mass is 9.94. The van der Waals surface area contributed by atoms with Gasteiger partial charge in [0, 0.05) is 12.8 Å². The van der Waals surface area contributed by atoms with Gasteiger partial charge in [0.2, 0.25) is 0 Å². The SMILES string of the molecule is O=C(CCc1ccco1)C1=CCCCC1. The van der Waals surface area contributed by atoms with Crippen molar-refractivity contribution in [3.05, 3.63) is 35.8 Å². The molecule has 1 aliphatic rings. The predicted molar refractivity (Wildman–Crippen MR) is 58.6 cm³/mol. The summed E-state index contributed by atoms with van der Waals surface area (Å²) in [4.78, 5) is 11.8. The number of carbonyl (C=O) groups is 1. The van der Waals surface area contributed by atoms with E-state index in [2.05, 4.69) is 6.08 Å². The van der Waals surface area contributed by atoms with E-state index in [9.17, 15) is 4.79 Å². The first-order valence-electron chi connectivity index (χ1n) is 5.61. The number of aryl methyl sites for hydroxylation is 1. The van der Waals surface area contributed by atoms with E-state index in [1.807, 2.05) is 12.1 Å². The second-order valence-corrected chi connectivity index (χ2v) is 3.98. The summed E-state index contributed by atoms with van der Waals surface area (Å²) in [7, 11) is 0. The maximum Gasteiger partial charge on any atom is 0.158 e.